The summed E-state index contributed by atoms with van der Waals surface area (Å²) in [6.45, 7) is 3.64. The van der Waals surface area contributed by atoms with Gasteiger partial charge in [-0.15, -0.1) is 0 Å². The van der Waals surface area contributed by atoms with Gasteiger partial charge in [-0.3, -0.25) is 0 Å². The molecular formula is C15H22BrNO2. The van der Waals surface area contributed by atoms with Crippen LogP contribution in [-0.2, 0) is 4.74 Å². The maximum absolute atomic E-state index is 5.97. The zero-order valence-corrected chi connectivity index (χ0v) is 13.2. The normalized spacial score (nSPS) is 21.1. The van der Waals surface area contributed by atoms with E-state index in [2.05, 4.69) is 34.2 Å². The molecule has 1 heterocycles. The van der Waals surface area contributed by atoms with Crippen LogP contribution in [0, 0.1) is 0 Å². The maximum Gasteiger partial charge on any atom is 0.124 e. The lowest BCUT2D eigenvalue weighted by molar-refractivity contribution is -0.0113. The Kier molecular flexibility index (Phi) is 5.67. The van der Waals surface area contributed by atoms with Gasteiger partial charge in [0.2, 0.25) is 0 Å². The molecule has 2 atom stereocenters. The molecule has 0 amide bonds. The molecule has 3 nitrogen and oxygen atoms in total. The molecule has 0 spiro atoms. The van der Waals surface area contributed by atoms with Crippen LogP contribution in [0.4, 0.5) is 0 Å². The molecule has 0 radical (unpaired) electrons. The first-order chi connectivity index (χ1) is 9.20. The second-order valence-electron chi connectivity index (χ2n) is 4.99. The second-order valence-corrected chi connectivity index (χ2v) is 5.91. The minimum atomic E-state index is 0.245. The Morgan fingerprint density at radius 2 is 2.32 bits per heavy atom. The summed E-state index contributed by atoms with van der Waals surface area (Å²) in [5, 5.41) is 3.25. The molecule has 1 fully saturated rings. The Morgan fingerprint density at radius 3 is 3.00 bits per heavy atom. The van der Waals surface area contributed by atoms with Crippen molar-refractivity contribution in [2.45, 2.75) is 38.3 Å². The summed E-state index contributed by atoms with van der Waals surface area (Å²) < 4.78 is 12.7. The molecule has 1 aromatic carbocycles. The summed E-state index contributed by atoms with van der Waals surface area (Å²) in [6.07, 6.45) is 3.77. The standard InChI is InChI=1S/C15H22BrNO2/c1-11(17-2)14-9-12(16)6-7-15(14)19-10-13-5-3-4-8-18-13/h6-7,9,11,13,17H,3-5,8,10H2,1-2H3. The van der Waals surface area contributed by atoms with Gasteiger partial charge in [-0.05, 0) is 51.4 Å². The van der Waals surface area contributed by atoms with E-state index < -0.39 is 0 Å². The molecule has 0 aromatic heterocycles. The minimum Gasteiger partial charge on any atom is -0.491 e. The van der Waals surface area contributed by atoms with Crippen LogP contribution in [-0.4, -0.2) is 26.4 Å². The van der Waals surface area contributed by atoms with Crippen molar-refractivity contribution in [3.63, 3.8) is 0 Å². The molecule has 1 N–H and O–H groups in total. The number of halogens is 1. The highest BCUT2D eigenvalue weighted by Crippen LogP contribution is 2.29. The average Bonchev–Trinajstić information content (AvgIpc) is 2.46. The number of benzene rings is 1. The fourth-order valence-corrected chi connectivity index (χ4v) is 2.65. The quantitative estimate of drug-likeness (QED) is 0.894. The van der Waals surface area contributed by atoms with E-state index in [-0.39, 0.29) is 12.1 Å². The van der Waals surface area contributed by atoms with Crippen molar-refractivity contribution in [2.75, 3.05) is 20.3 Å². The predicted molar refractivity (Wildman–Crippen MR) is 80.7 cm³/mol. The van der Waals surface area contributed by atoms with Crippen LogP contribution in [0.5, 0.6) is 5.75 Å². The zero-order valence-electron chi connectivity index (χ0n) is 11.6. The first kappa shape index (κ1) is 14.8. The molecular weight excluding hydrogens is 306 g/mol. The maximum atomic E-state index is 5.97. The number of rotatable bonds is 5. The number of hydrogen-bond acceptors (Lipinski definition) is 3. The van der Waals surface area contributed by atoms with Gasteiger partial charge in [0, 0.05) is 22.7 Å². The van der Waals surface area contributed by atoms with E-state index in [9.17, 15) is 0 Å². The van der Waals surface area contributed by atoms with Gasteiger partial charge in [-0.25, -0.2) is 0 Å². The van der Waals surface area contributed by atoms with Crippen LogP contribution in [0.3, 0.4) is 0 Å². The topological polar surface area (TPSA) is 30.5 Å². The van der Waals surface area contributed by atoms with Crippen molar-refractivity contribution in [1.82, 2.24) is 5.32 Å². The molecule has 0 saturated carbocycles. The van der Waals surface area contributed by atoms with E-state index in [0.717, 1.165) is 23.2 Å². The van der Waals surface area contributed by atoms with E-state index in [0.29, 0.717) is 6.61 Å². The van der Waals surface area contributed by atoms with Crippen molar-refractivity contribution >= 4 is 15.9 Å². The first-order valence-corrected chi connectivity index (χ1v) is 7.71. The SMILES string of the molecule is CNC(C)c1cc(Br)ccc1OCC1CCCCO1. The van der Waals surface area contributed by atoms with Crippen molar-refractivity contribution < 1.29 is 9.47 Å². The van der Waals surface area contributed by atoms with Crippen LogP contribution >= 0.6 is 15.9 Å². The molecule has 1 aromatic rings. The molecule has 0 bridgehead atoms. The average molecular weight is 328 g/mol. The van der Waals surface area contributed by atoms with E-state index in [4.69, 9.17) is 9.47 Å². The molecule has 2 unspecified atom stereocenters. The van der Waals surface area contributed by atoms with Gasteiger partial charge in [0.05, 0.1) is 6.10 Å². The zero-order chi connectivity index (χ0) is 13.7. The van der Waals surface area contributed by atoms with E-state index in [1.54, 1.807) is 0 Å². The molecule has 1 aliphatic heterocycles. The van der Waals surface area contributed by atoms with Crippen molar-refractivity contribution in [3.05, 3.63) is 28.2 Å². The second kappa shape index (κ2) is 7.27. The third-order valence-electron chi connectivity index (χ3n) is 3.57. The smallest absolute Gasteiger partial charge is 0.124 e. The van der Waals surface area contributed by atoms with Gasteiger partial charge in [0.15, 0.2) is 0 Å². The Balaban J connectivity index is 2.02. The van der Waals surface area contributed by atoms with E-state index >= 15 is 0 Å². The van der Waals surface area contributed by atoms with E-state index in [1.807, 2.05) is 19.2 Å². The van der Waals surface area contributed by atoms with Crippen LogP contribution in [0.15, 0.2) is 22.7 Å². The molecule has 4 heteroatoms. The summed E-state index contributed by atoms with van der Waals surface area (Å²) in [5.41, 5.74) is 1.17. The van der Waals surface area contributed by atoms with Crippen molar-refractivity contribution in [3.8, 4) is 5.75 Å². The van der Waals surface area contributed by atoms with Crippen LogP contribution < -0.4 is 10.1 Å². The highest BCUT2D eigenvalue weighted by atomic mass is 79.9. The molecule has 1 saturated heterocycles. The Bertz CT molecular complexity index is 405. The number of nitrogens with one attached hydrogen (secondary N) is 1. The summed E-state index contributed by atoms with van der Waals surface area (Å²) >= 11 is 3.51. The van der Waals surface area contributed by atoms with Gasteiger partial charge in [-0.2, -0.15) is 0 Å². The summed E-state index contributed by atoms with van der Waals surface area (Å²) in [6, 6.07) is 6.41. The molecule has 1 aliphatic rings. The third kappa shape index (κ3) is 4.20. The Morgan fingerprint density at radius 1 is 1.47 bits per heavy atom. The number of ether oxygens (including phenoxy) is 2. The third-order valence-corrected chi connectivity index (χ3v) is 4.06. The monoisotopic (exact) mass is 327 g/mol. The Hall–Kier alpha value is -0.580. The van der Waals surface area contributed by atoms with Gasteiger partial charge in [0.25, 0.3) is 0 Å². The predicted octanol–water partition coefficient (Wildman–Crippen LogP) is 3.68. The minimum absolute atomic E-state index is 0.245. The largest absolute Gasteiger partial charge is 0.491 e. The van der Waals surface area contributed by atoms with Crippen LogP contribution in [0.2, 0.25) is 0 Å². The fourth-order valence-electron chi connectivity index (χ4n) is 2.27. The van der Waals surface area contributed by atoms with Gasteiger partial charge < -0.3 is 14.8 Å². The lowest BCUT2D eigenvalue weighted by Crippen LogP contribution is -2.26. The van der Waals surface area contributed by atoms with E-state index in [1.165, 1.54) is 18.4 Å². The molecule has 19 heavy (non-hydrogen) atoms. The Labute approximate surface area is 123 Å². The first-order valence-electron chi connectivity index (χ1n) is 6.92. The number of hydrogen-bond donors (Lipinski definition) is 1. The molecule has 2 rings (SSSR count). The van der Waals surface area contributed by atoms with Crippen LogP contribution in [0.1, 0.15) is 37.8 Å². The fraction of sp³-hybridized carbons (Fsp3) is 0.600. The molecule has 0 aliphatic carbocycles. The summed E-state index contributed by atoms with van der Waals surface area (Å²) in [5.74, 6) is 0.944. The van der Waals surface area contributed by atoms with Crippen molar-refractivity contribution in [1.29, 1.82) is 0 Å². The molecule has 106 valence electrons. The van der Waals surface area contributed by atoms with Crippen LogP contribution in [0.25, 0.3) is 0 Å². The van der Waals surface area contributed by atoms with Gasteiger partial charge in [0.1, 0.15) is 12.4 Å². The summed E-state index contributed by atoms with van der Waals surface area (Å²) in [7, 11) is 1.96. The lowest BCUT2D eigenvalue weighted by atomic mass is 10.1. The van der Waals surface area contributed by atoms with Gasteiger partial charge in [-0.1, -0.05) is 15.9 Å². The highest BCUT2D eigenvalue weighted by molar-refractivity contribution is 9.10. The lowest BCUT2D eigenvalue weighted by Gasteiger charge is -2.24. The highest BCUT2D eigenvalue weighted by Gasteiger charge is 2.16. The summed E-state index contributed by atoms with van der Waals surface area (Å²) in [4.78, 5) is 0. The van der Waals surface area contributed by atoms with Crippen molar-refractivity contribution in [2.24, 2.45) is 0 Å². The van der Waals surface area contributed by atoms with Gasteiger partial charge >= 0.3 is 0 Å².